The van der Waals surface area contributed by atoms with Crippen molar-refractivity contribution >= 4 is 23.9 Å². The Morgan fingerprint density at radius 1 is 0.689 bits per heavy atom. The van der Waals surface area contributed by atoms with E-state index in [0.29, 0.717) is 34.6 Å². The van der Waals surface area contributed by atoms with Gasteiger partial charge in [0.05, 0.1) is 6.61 Å². The predicted molar refractivity (Wildman–Crippen MR) is 165 cm³/mol. The van der Waals surface area contributed by atoms with E-state index in [2.05, 4.69) is 26.3 Å². The molecule has 1 aliphatic rings. The molecule has 0 saturated carbocycles. The van der Waals surface area contributed by atoms with Crippen molar-refractivity contribution < 1.29 is 47.6 Å². The fourth-order valence-corrected chi connectivity index (χ4v) is 3.77. The molecular formula is C35H30O10. The van der Waals surface area contributed by atoms with Gasteiger partial charge in [0, 0.05) is 28.9 Å². The molecule has 1 heterocycles. The van der Waals surface area contributed by atoms with Gasteiger partial charge in [-0.25, -0.2) is 19.2 Å². The van der Waals surface area contributed by atoms with E-state index in [-0.39, 0.29) is 46.9 Å². The van der Waals surface area contributed by atoms with Crippen molar-refractivity contribution in [2.75, 3.05) is 13.2 Å². The molecule has 0 bridgehead atoms. The number of epoxide rings is 1. The lowest BCUT2D eigenvalue weighted by Crippen LogP contribution is -2.12. The van der Waals surface area contributed by atoms with Gasteiger partial charge in [-0.1, -0.05) is 50.6 Å². The van der Waals surface area contributed by atoms with E-state index >= 15 is 0 Å². The van der Waals surface area contributed by atoms with E-state index < -0.39 is 23.9 Å². The maximum atomic E-state index is 12.4. The molecular weight excluding hydrogens is 580 g/mol. The van der Waals surface area contributed by atoms with Crippen LogP contribution in [0.4, 0.5) is 0 Å². The highest BCUT2D eigenvalue weighted by atomic mass is 16.6. The van der Waals surface area contributed by atoms with E-state index in [4.69, 9.17) is 28.4 Å². The van der Waals surface area contributed by atoms with Crippen molar-refractivity contribution in [1.82, 2.24) is 0 Å². The van der Waals surface area contributed by atoms with Crippen LogP contribution in [0.15, 0.2) is 104 Å². The van der Waals surface area contributed by atoms with Gasteiger partial charge in [-0.2, -0.15) is 0 Å². The van der Waals surface area contributed by atoms with E-state index in [1.165, 1.54) is 32.0 Å². The monoisotopic (exact) mass is 610 g/mol. The van der Waals surface area contributed by atoms with Crippen molar-refractivity contribution in [3.8, 4) is 51.0 Å². The molecule has 230 valence electrons. The normalized spacial score (nSPS) is 13.1. The molecule has 1 fully saturated rings. The van der Waals surface area contributed by atoms with Gasteiger partial charge < -0.3 is 28.4 Å². The minimum Gasteiger partial charge on any atom is -0.490 e. The second kappa shape index (κ2) is 14.2. The molecule has 0 aromatic heterocycles. The first kappa shape index (κ1) is 32.2. The fourth-order valence-electron chi connectivity index (χ4n) is 3.77. The number of hydrogen-bond acceptors (Lipinski definition) is 10. The summed E-state index contributed by atoms with van der Waals surface area (Å²) in [7, 11) is 0. The minimum atomic E-state index is -0.749. The summed E-state index contributed by atoms with van der Waals surface area (Å²) >= 11 is 0. The Morgan fingerprint density at radius 2 is 1.13 bits per heavy atom. The standard InChI is InChI=1S/C35H30O10/c1-7-32(36)42-27-14-11-24(17-30(27)43-33(37)8-2)26-12-9-22(15-29(26)41-19-25-18-40-25)23-10-13-28(44-34(38)20(3)4)31(16-23)45-35(39)21(5)6/h7-17,25H,1-3,5,18-19H2,4,6H3. The first-order chi connectivity index (χ1) is 21.5. The van der Waals surface area contributed by atoms with Crippen molar-refractivity contribution in [3.05, 3.63) is 104 Å². The van der Waals surface area contributed by atoms with Crippen molar-refractivity contribution in [3.63, 3.8) is 0 Å². The fraction of sp³-hybridized carbons (Fsp3) is 0.143. The van der Waals surface area contributed by atoms with Crippen LogP contribution in [0.1, 0.15) is 13.8 Å². The lowest BCUT2D eigenvalue weighted by atomic mass is 9.98. The largest absolute Gasteiger partial charge is 0.490 e. The van der Waals surface area contributed by atoms with Gasteiger partial charge in [0.25, 0.3) is 0 Å². The highest BCUT2D eigenvalue weighted by Crippen LogP contribution is 2.41. The van der Waals surface area contributed by atoms with Crippen LogP contribution in [0.5, 0.6) is 28.7 Å². The third-order valence-electron chi connectivity index (χ3n) is 6.20. The Morgan fingerprint density at radius 3 is 1.69 bits per heavy atom. The summed E-state index contributed by atoms with van der Waals surface area (Å²) in [6.45, 7) is 17.8. The second-order valence-electron chi connectivity index (χ2n) is 9.89. The number of hydrogen-bond donors (Lipinski definition) is 0. The quantitative estimate of drug-likeness (QED) is 0.0992. The molecule has 10 nitrogen and oxygen atoms in total. The summed E-state index contributed by atoms with van der Waals surface area (Å²) in [6.07, 6.45) is 1.92. The first-order valence-corrected chi connectivity index (χ1v) is 13.6. The molecule has 0 N–H and O–H groups in total. The maximum absolute atomic E-state index is 12.4. The number of benzene rings is 3. The zero-order valence-electron chi connectivity index (χ0n) is 24.8. The van der Waals surface area contributed by atoms with Crippen LogP contribution >= 0.6 is 0 Å². The van der Waals surface area contributed by atoms with Crippen LogP contribution < -0.4 is 23.7 Å². The molecule has 0 aliphatic carbocycles. The summed E-state index contributed by atoms with van der Waals surface area (Å²) in [5, 5.41) is 0. The Balaban J connectivity index is 1.77. The van der Waals surface area contributed by atoms with Gasteiger partial charge in [0.2, 0.25) is 0 Å². The maximum Gasteiger partial charge on any atom is 0.338 e. The Labute approximate surface area is 259 Å². The average Bonchev–Trinajstić information content (AvgIpc) is 3.86. The number of carbonyl (C=O) groups excluding carboxylic acids is 4. The predicted octanol–water partition coefficient (Wildman–Crippen LogP) is 5.94. The highest BCUT2D eigenvalue weighted by molar-refractivity contribution is 5.92. The van der Waals surface area contributed by atoms with Crippen molar-refractivity contribution in [2.45, 2.75) is 20.0 Å². The number of esters is 4. The molecule has 0 spiro atoms. The van der Waals surface area contributed by atoms with Gasteiger partial charge >= 0.3 is 23.9 Å². The lowest BCUT2D eigenvalue weighted by molar-refractivity contribution is -0.132. The van der Waals surface area contributed by atoms with Crippen LogP contribution in [0.25, 0.3) is 22.3 Å². The summed E-state index contributed by atoms with van der Waals surface area (Å²) < 4.78 is 32.9. The zero-order chi connectivity index (χ0) is 32.7. The summed E-state index contributed by atoms with van der Waals surface area (Å²) in [4.78, 5) is 48.5. The third kappa shape index (κ3) is 8.43. The number of ether oxygens (including phenoxy) is 6. The molecule has 45 heavy (non-hydrogen) atoms. The average molecular weight is 611 g/mol. The summed E-state index contributed by atoms with van der Waals surface area (Å²) in [5.74, 6) is -2.37. The smallest absolute Gasteiger partial charge is 0.338 e. The lowest BCUT2D eigenvalue weighted by Gasteiger charge is -2.16. The van der Waals surface area contributed by atoms with Crippen LogP contribution in [-0.2, 0) is 23.9 Å². The molecule has 1 aliphatic heterocycles. The Bertz CT molecular complexity index is 1730. The number of carbonyl (C=O) groups is 4. The first-order valence-electron chi connectivity index (χ1n) is 13.6. The van der Waals surface area contributed by atoms with E-state index in [1.54, 1.807) is 36.4 Å². The molecule has 1 saturated heterocycles. The minimum absolute atomic E-state index is 0.00589. The van der Waals surface area contributed by atoms with E-state index in [0.717, 1.165) is 12.2 Å². The van der Waals surface area contributed by atoms with Crippen LogP contribution in [-0.4, -0.2) is 43.2 Å². The topological polar surface area (TPSA) is 127 Å². The van der Waals surface area contributed by atoms with Gasteiger partial charge in [-0.15, -0.1) is 0 Å². The van der Waals surface area contributed by atoms with Crippen molar-refractivity contribution in [1.29, 1.82) is 0 Å². The van der Waals surface area contributed by atoms with Gasteiger partial charge in [-0.3, -0.25) is 0 Å². The molecule has 0 radical (unpaired) electrons. The molecule has 1 unspecified atom stereocenters. The van der Waals surface area contributed by atoms with Gasteiger partial charge in [0.15, 0.2) is 23.0 Å². The summed E-state index contributed by atoms with van der Waals surface area (Å²) in [5.41, 5.74) is 2.81. The van der Waals surface area contributed by atoms with Crippen LogP contribution in [0.2, 0.25) is 0 Å². The zero-order valence-corrected chi connectivity index (χ0v) is 24.8. The highest BCUT2D eigenvalue weighted by Gasteiger charge is 2.24. The molecule has 3 aromatic carbocycles. The van der Waals surface area contributed by atoms with E-state index in [1.807, 2.05) is 0 Å². The SMILES string of the molecule is C=CC(=O)Oc1ccc(-c2ccc(-c3ccc(OC(=O)C(=C)C)c(OC(=O)C(=C)C)c3)cc2OCC2CO2)cc1OC(=O)C=C. The van der Waals surface area contributed by atoms with Crippen LogP contribution in [0, 0.1) is 0 Å². The van der Waals surface area contributed by atoms with E-state index in [9.17, 15) is 19.2 Å². The second-order valence-corrected chi connectivity index (χ2v) is 9.89. The Hall–Kier alpha value is -5.74. The summed E-state index contributed by atoms with van der Waals surface area (Å²) in [6, 6.07) is 14.8. The molecule has 0 amide bonds. The van der Waals surface area contributed by atoms with Gasteiger partial charge in [-0.05, 0) is 60.9 Å². The number of rotatable bonds is 13. The van der Waals surface area contributed by atoms with Crippen molar-refractivity contribution in [2.24, 2.45) is 0 Å². The Kier molecular flexibility index (Phi) is 10.1. The molecule has 3 aromatic rings. The van der Waals surface area contributed by atoms with Crippen LogP contribution in [0.3, 0.4) is 0 Å². The molecule has 10 heteroatoms. The molecule has 4 rings (SSSR count). The molecule has 1 atom stereocenters. The third-order valence-corrected chi connectivity index (χ3v) is 6.20. The van der Waals surface area contributed by atoms with Gasteiger partial charge in [0.1, 0.15) is 18.5 Å².